The Morgan fingerprint density at radius 3 is 2.61 bits per heavy atom. The average molecular weight is 247 g/mol. The van der Waals surface area contributed by atoms with E-state index in [9.17, 15) is 4.79 Å². The van der Waals surface area contributed by atoms with Crippen LogP contribution in [-0.2, 0) is 10.2 Å². The molecule has 2 unspecified atom stereocenters. The lowest BCUT2D eigenvalue weighted by molar-refractivity contribution is -0.138. The molecule has 0 heterocycles. The fraction of sp³-hybridized carbons (Fsp3) is 0.533. The molecule has 1 aromatic rings. The summed E-state index contributed by atoms with van der Waals surface area (Å²) in [5.41, 5.74) is 1.39. The summed E-state index contributed by atoms with van der Waals surface area (Å²) in [6.07, 6.45) is 0.827. The van der Waals surface area contributed by atoms with Crippen LogP contribution in [0.25, 0.3) is 0 Å². The minimum atomic E-state index is -0.649. The maximum absolute atomic E-state index is 10.7. The first-order chi connectivity index (χ1) is 8.50. The van der Waals surface area contributed by atoms with Crippen LogP contribution in [0.3, 0.4) is 0 Å². The van der Waals surface area contributed by atoms with E-state index in [1.165, 1.54) is 5.56 Å². The van der Waals surface area contributed by atoms with Gasteiger partial charge in [0.25, 0.3) is 0 Å². The fourth-order valence-electron chi connectivity index (χ4n) is 2.34. The van der Waals surface area contributed by atoms with Gasteiger partial charge >= 0.3 is 5.97 Å². The zero-order valence-electron chi connectivity index (χ0n) is 11.0. The van der Waals surface area contributed by atoms with Gasteiger partial charge in [0.2, 0.25) is 0 Å². The number of benzene rings is 1. The lowest BCUT2D eigenvalue weighted by Gasteiger charge is -2.25. The third-order valence-corrected chi connectivity index (χ3v) is 3.77. The molecule has 0 aliphatic heterocycles. The number of carboxylic acid groups (broad SMARTS) is 1. The Bertz CT molecular complexity index is 414. The van der Waals surface area contributed by atoms with E-state index < -0.39 is 5.97 Å². The highest BCUT2D eigenvalue weighted by Gasteiger charge is 2.42. The first-order valence-corrected chi connectivity index (χ1v) is 6.50. The van der Waals surface area contributed by atoms with Crippen LogP contribution >= 0.6 is 0 Å². The molecule has 1 aliphatic rings. The van der Waals surface area contributed by atoms with Gasteiger partial charge in [-0.2, -0.15) is 0 Å². The maximum atomic E-state index is 10.7. The number of hydrogen-bond donors (Lipinski definition) is 2. The van der Waals surface area contributed by atoms with E-state index >= 15 is 0 Å². The second-order valence-corrected chi connectivity index (χ2v) is 5.82. The summed E-state index contributed by atoms with van der Waals surface area (Å²) in [6.45, 7) is 6.10. The van der Waals surface area contributed by atoms with Gasteiger partial charge in [-0.3, -0.25) is 4.79 Å². The minimum Gasteiger partial charge on any atom is -0.481 e. The molecule has 0 bridgehead atoms. The Hall–Kier alpha value is -1.35. The van der Waals surface area contributed by atoms with Crippen molar-refractivity contribution in [1.82, 2.24) is 5.32 Å². The zero-order chi connectivity index (χ0) is 13.2. The molecule has 2 N–H and O–H groups in total. The van der Waals surface area contributed by atoms with Gasteiger partial charge in [0.15, 0.2) is 0 Å². The van der Waals surface area contributed by atoms with Crippen molar-refractivity contribution >= 4 is 5.97 Å². The van der Waals surface area contributed by atoms with Gasteiger partial charge in [0.05, 0.1) is 5.92 Å². The Kier molecular flexibility index (Phi) is 3.71. The van der Waals surface area contributed by atoms with Crippen LogP contribution in [0.5, 0.6) is 0 Å². The highest BCUT2D eigenvalue weighted by atomic mass is 16.4. The molecule has 0 spiro atoms. The molecule has 0 radical (unpaired) electrons. The average Bonchev–Trinajstić information content (AvgIpc) is 3.10. The van der Waals surface area contributed by atoms with Gasteiger partial charge in [-0.05, 0) is 24.4 Å². The van der Waals surface area contributed by atoms with Crippen molar-refractivity contribution in [2.24, 2.45) is 11.8 Å². The number of carboxylic acids is 1. The SMILES string of the molecule is CC(C)(CNCC1CC1C(=O)O)c1ccccc1. The molecule has 0 aromatic heterocycles. The third kappa shape index (κ3) is 3.10. The molecule has 1 aliphatic carbocycles. The quantitative estimate of drug-likeness (QED) is 0.810. The van der Waals surface area contributed by atoms with Gasteiger partial charge < -0.3 is 10.4 Å². The van der Waals surface area contributed by atoms with Crippen LogP contribution in [0.1, 0.15) is 25.8 Å². The second kappa shape index (κ2) is 5.11. The highest BCUT2D eigenvalue weighted by molar-refractivity contribution is 5.73. The molecule has 3 heteroatoms. The smallest absolute Gasteiger partial charge is 0.306 e. The van der Waals surface area contributed by atoms with Crippen LogP contribution in [-0.4, -0.2) is 24.2 Å². The van der Waals surface area contributed by atoms with E-state index in [-0.39, 0.29) is 11.3 Å². The van der Waals surface area contributed by atoms with E-state index in [1.54, 1.807) is 0 Å². The summed E-state index contributed by atoms with van der Waals surface area (Å²) in [5.74, 6) is -0.435. The predicted molar refractivity (Wildman–Crippen MR) is 71.6 cm³/mol. The molecule has 18 heavy (non-hydrogen) atoms. The van der Waals surface area contributed by atoms with E-state index in [1.807, 2.05) is 6.07 Å². The molecule has 2 atom stereocenters. The van der Waals surface area contributed by atoms with E-state index in [0.29, 0.717) is 5.92 Å². The monoisotopic (exact) mass is 247 g/mol. The maximum Gasteiger partial charge on any atom is 0.306 e. The number of aliphatic carboxylic acids is 1. The zero-order valence-corrected chi connectivity index (χ0v) is 11.0. The number of hydrogen-bond acceptors (Lipinski definition) is 2. The van der Waals surface area contributed by atoms with Crippen molar-refractivity contribution in [1.29, 1.82) is 0 Å². The van der Waals surface area contributed by atoms with Crippen molar-refractivity contribution in [2.75, 3.05) is 13.1 Å². The first-order valence-electron chi connectivity index (χ1n) is 6.50. The lowest BCUT2D eigenvalue weighted by Crippen LogP contribution is -2.34. The molecule has 1 fully saturated rings. The Morgan fingerprint density at radius 2 is 2.06 bits per heavy atom. The van der Waals surface area contributed by atoms with Crippen molar-refractivity contribution in [2.45, 2.75) is 25.7 Å². The van der Waals surface area contributed by atoms with Gasteiger partial charge in [0.1, 0.15) is 0 Å². The number of nitrogens with one attached hydrogen (secondary N) is 1. The molecular weight excluding hydrogens is 226 g/mol. The molecule has 1 aromatic carbocycles. The highest BCUT2D eigenvalue weighted by Crippen LogP contribution is 2.38. The summed E-state index contributed by atoms with van der Waals surface area (Å²) in [4.78, 5) is 10.7. The molecule has 0 saturated heterocycles. The minimum absolute atomic E-state index is 0.0782. The van der Waals surface area contributed by atoms with Crippen LogP contribution in [0.15, 0.2) is 30.3 Å². The fourth-order valence-corrected chi connectivity index (χ4v) is 2.34. The van der Waals surface area contributed by atoms with Gasteiger partial charge in [0, 0.05) is 12.0 Å². The van der Waals surface area contributed by atoms with Gasteiger partial charge in [-0.1, -0.05) is 44.2 Å². The predicted octanol–water partition coefficient (Wildman–Crippen LogP) is 2.27. The van der Waals surface area contributed by atoms with Crippen molar-refractivity contribution in [3.63, 3.8) is 0 Å². The van der Waals surface area contributed by atoms with Gasteiger partial charge in [-0.15, -0.1) is 0 Å². The second-order valence-electron chi connectivity index (χ2n) is 5.82. The van der Waals surface area contributed by atoms with Crippen LogP contribution < -0.4 is 5.32 Å². The summed E-state index contributed by atoms with van der Waals surface area (Å²) < 4.78 is 0. The molecule has 98 valence electrons. The normalized spacial score (nSPS) is 22.8. The molecule has 3 nitrogen and oxygen atoms in total. The summed E-state index contributed by atoms with van der Waals surface area (Å²) in [5, 5.41) is 12.2. The molecular formula is C15H21NO2. The standard InChI is InChI=1S/C15H21NO2/c1-15(2,12-6-4-3-5-7-12)10-16-9-11-8-13(11)14(17)18/h3-7,11,13,16H,8-10H2,1-2H3,(H,17,18). The Morgan fingerprint density at radius 1 is 1.39 bits per heavy atom. The van der Waals surface area contributed by atoms with E-state index in [0.717, 1.165) is 19.5 Å². The van der Waals surface area contributed by atoms with Crippen LogP contribution in [0, 0.1) is 11.8 Å². The summed E-state index contributed by atoms with van der Waals surface area (Å²) in [6, 6.07) is 10.4. The van der Waals surface area contributed by atoms with Crippen molar-refractivity contribution < 1.29 is 9.90 Å². The topological polar surface area (TPSA) is 49.3 Å². The van der Waals surface area contributed by atoms with Crippen LogP contribution in [0.2, 0.25) is 0 Å². The number of rotatable bonds is 6. The lowest BCUT2D eigenvalue weighted by atomic mass is 9.84. The van der Waals surface area contributed by atoms with Gasteiger partial charge in [-0.25, -0.2) is 0 Å². The Labute approximate surface area is 108 Å². The summed E-state index contributed by atoms with van der Waals surface area (Å²) >= 11 is 0. The van der Waals surface area contributed by atoms with Crippen molar-refractivity contribution in [3.05, 3.63) is 35.9 Å². The Balaban J connectivity index is 1.78. The molecule has 1 saturated carbocycles. The van der Waals surface area contributed by atoms with Crippen molar-refractivity contribution in [3.8, 4) is 0 Å². The molecule has 0 amide bonds. The van der Waals surface area contributed by atoms with Crippen LogP contribution in [0.4, 0.5) is 0 Å². The van der Waals surface area contributed by atoms with E-state index in [2.05, 4.69) is 43.4 Å². The van der Waals surface area contributed by atoms with E-state index in [4.69, 9.17) is 5.11 Å². The first kappa shape index (κ1) is 13.1. The molecule has 2 rings (SSSR count). The number of carbonyl (C=O) groups is 1. The summed E-state index contributed by atoms with van der Waals surface area (Å²) in [7, 11) is 0. The third-order valence-electron chi connectivity index (χ3n) is 3.77. The largest absolute Gasteiger partial charge is 0.481 e.